The number of benzene rings is 1. The molecule has 19 heavy (non-hydrogen) atoms. The van der Waals surface area contributed by atoms with Crippen LogP contribution in [0, 0.1) is 5.82 Å². The van der Waals surface area contributed by atoms with Gasteiger partial charge in [0.05, 0.1) is 6.20 Å². The molecule has 0 radical (unpaired) electrons. The van der Waals surface area contributed by atoms with E-state index < -0.39 is 17.9 Å². The molecule has 8 heteroatoms. The van der Waals surface area contributed by atoms with Crippen molar-refractivity contribution in [3.63, 3.8) is 0 Å². The summed E-state index contributed by atoms with van der Waals surface area (Å²) in [6.07, 6.45) is -3.89. The summed E-state index contributed by atoms with van der Waals surface area (Å²) in [6, 6.07) is 4.59. The Labute approximate surface area is 109 Å². The van der Waals surface area contributed by atoms with Crippen LogP contribution < -0.4 is 4.74 Å². The van der Waals surface area contributed by atoms with Gasteiger partial charge in [-0.05, 0) is 35.9 Å². The van der Waals surface area contributed by atoms with Crippen LogP contribution in [-0.2, 0) is 0 Å². The molecular weight excluding hydrogens is 288 g/mol. The molecule has 0 saturated carbocycles. The molecule has 100 valence electrons. The topological polar surface area (TPSA) is 35.0 Å². The molecule has 0 saturated heterocycles. The zero-order valence-corrected chi connectivity index (χ0v) is 9.84. The lowest BCUT2D eigenvalue weighted by atomic mass is 10.1. The average molecular weight is 293 g/mol. The summed E-state index contributed by atoms with van der Waals surface area (Å²) in [4.78, 5) is 7.10. The van der Waals surface area contributed by atoms with E-state index in [1.165, 1.54) is 12.1 Å². The van der Waals surface area contributed by atoms with Gasteiger partial charge in [-0.1, -0.05) is 0 Å². The Morgan fingerprint density at radius 1 is 1.11 bits per heavy atom. The van der Waals surface area contributed by atoms with Gasteiger partial charge in [-0.15, -0.1) is 13.2 Å². The third-order valence-electron chi connectivity index (χ3n) is 2.08. The van der Waals surface area contributed by atoms with E-state index in [-0.39, 0.29) is 16.5 Å². The highest BCUT2D eigenvalue weighted by Crippen LogP contribution is 2.27. The monoisotopic (exact) mass is 292 g/mol. The van der Waals surface area contributed by atoms with Crippen molar-refractivity contribution in [2.45, 2.75) is 6.36 Å². The third-order valence-corrected chi connectivity index (χ3v) is 2.26. The van der Waals surface area contributed by atoms with Gasteiger partial charge < -0.3 is 4.74 Å². The van der Waals surface area contributed by atoms with Gasteiger partial charge in [-0.2, -0.15) is 0 Å². The molecule has 0 bridgehead atoms. The normalized spacial score (nSPS) is 11.4. The number of aromatic nitrogens is 2. The first-order chi connectivity index (χ1) is 8.85. The van der Waals surface area contributed by atoms with E-state index in [1.807, 2.05) is 0 Å². The van der Waals surface area contributed by atoms with Gasteiger partial charge in [-0.25, -0.2) is 14.4 Å². The molecule has 0 aliphatic rings. The van der Waals surface area contributed by atoms with Crippen molar-refractivity contribution >= 4 is 11.6 Å². The maximum Gasteiger partial charge on any atom is 0.573 e. The summed E-state index contributed by atoms with van der Waals surface area (Å²) in [6.45, 7) is 0. The Morgan fingerprint density at radius 3 is 2.32 bits per heavy atom. The molecule has 3 nitrogen and oxygen atoms in total. The third kappa shape index (κ3) is 3.54. The van der Waals surface area contributed by atoms with Crippen LogP contribution in [0.25, 0.3) is 11.3 Å². The molecule has 2 rings (SSSR count). The second kappa shape index (κ2) is 5.00. The Balaban J connectivity index is 2.30. The first-order valence-corrected chi connectivity index (χ1v) is 5.27. The molecule has 0 N–H and O–H groups in total. The van der Waals surface area contributed by atoms with Gasteiger partial charge in [0.25, 0.3) is 0 Å². The summed E-state index contributed by atoms with van der Waals surface area (Å²) in [5.41, 5.74) is 0.162. The fraction of sp³-hybridized carbons (Fsp3) is 0.0909. The second-order valence-corrected chi connectivity index (χ2v) is 3.75. The van der Waals surface area contributed by atoms with Crippen LogP contribution in [0.15, 0.2) is 30.5 Å². The lowest BCUT2D eigenvalue weighted by Crippen LogP contribution is -2.16. The van der Waals surface area contributed by atoms with Crippen molar-refractivity contribution in [2.75, 3.05) is 0 Å². The average Bonchev–Trinajstić information content (AvgIpc) is 2.31. The van der Waals surface area contributed by atoms with Crippen LogP contribution in [0.4, 0.5) is 17.6 Å². The highest BCUT2D eigenvalue weighted by atomic mass is 35.5. The number of ether oxygens (including phenoxy) is 1. The van der Waals surface area contributed by atoms with Gasteiger partial charge in [0.1, 0.15) is 11.4 Å². The van der Waals surface area contributed by atoms with E-state index in [0.29, 0.717) is 0 Å². The lowest BCUT2D eigenvalue weighted by Gasteiger charge is -2.09. The molecule has 2 aromatic rings. The van der Waals surface area contributed by atoms with Crippen molar-refractivity contribution < 1.29 is 22.3 Å². The summed E-state index contributed by atoms with van der Waals surface area (Å²) in [5.74, 6) is -1.13. The molecule has 1 heterocycles. The Hall–Kier alpha value is -1.89. The van der Waals surface area contributed by atoms with Crippen molar-refractivity contribution in [3.05, 3.63) is 41.6 Å². The van der Waals surface area contributed by atoms with Gasteiger partial charge in [0.15, 0.2) is 5.82 Å². The van der Waals surface area contributed by atoms with Gasteiger partial charge in [0, 0.05) is 5.56 Å². The molecular formula is C11H5ClF4N2O. The fourth-order valence-electron chi connectivity index (χ4n) is 1.36. The Bertz CT molecular complexity index is 586. The second-order valence-electron chi connectivity index (χ2n) is 3.41. The van der Waals surface area contributed by atoms with Crippen LogP contribution in [-0.4, -0.2) is 16.3 Å². The number of nitrogens with zero attached hydrogens (tertiary/aromatic N) is 2. The molecule has 0 amide bonds. The van der Waals surface area contributed by atoms with E-state index in [1.54, 1.807) is 0 Å². The molecule has 0 fully saturated rings. The smallest absolute Gasteiger partial charge is 0.406 e. The molecule has 0 aliphatic heterocycles. The van der Waals surface area contributed by atoms with Crippen molar-refractivity contribution in [2.24, 2.45) is 0 Å². The van der Waals surface area contributed by atoms with Gasteiger partial charge >= 0.3 is 6.36 Å². The number of hydrogen-bond donors (Lipinski definition) is 0. The van der Waals surface area contributed by atoms with Crippen LogP contribution in [0.5, 0.6) is 5.75 Å². The predicted molar refractivity (Wildman–Crippen MR) is 59.1 cm³/mol. The predicted octanol–water partition coefficient (Wildman–Crippen LogP) is 3.83. The number of hydrogen-bond acceptors (Lipinski definition) is 3. The van der Waals surface area contributed by atoms with E-state index in [0.717, 1.165) is 18.3 Å². The minimum atomic E-state index is -4.77. The lowest BCUT2D eigenvalue weighted by molar-refractivity contribution is -0.274. The molecule has 0 atom stereocenters. The van der Waals surface area contributed by atoms with Crippen LogP contribution in [0.1, 0.15) is 0 Å². The van der Waals surface area contributed by atoms with E-state index >= 15 is 0 Å². The molecule has 1 aromatic heterocycles. The maximum absolute atomic E-state index is 13.4. The number of rotatable bonds is 2. The highest BCUT2D eigenvalue weighted by Gasteiger charge is 2.31. The van der Waals surface area contributed by atoms with Crippen molar-refractivity contribution in [1.82, 2.24) is 9.97 Å². The Morgan fingerprint density at radius 2 is 1.74 bits per heavy atom. The van der Waals surface area contributed by atoms with E-state index in [2.05, 4.69) is 14.7 Å². The fourth-order valence-corrected chi connectivity index (χ4v) is 1.50. The molecule has 1 aromatic carbocycles. The number of alkyl halides is 3. The highest BCUT2D eigenvalue weighted by molar-refractivity contribution is 6.28. The standard InChI is InChI=1S/C11H5ClF4N2O/c12-10-17-5-8(13)9(18-10)6-1-3-7(4-2-6)19-11(14,15)16/h1-5H. The van der Waals surface area contributed by atoms with Crippen molar-refractivity contribution in [3.8, 4) is 17.0 Å². The summed E-state index contributed by atoms with van der Waals surface area (Å²) >= 11 is 5.52. The Kier molecular flexibility index (Phi) is 3.57. The maximum atomic E-state index is 13.4. The van der Waals surface area contributed by atoms with Gasteiger partial charge in [0.2, 0.25) is 5.28 Å². The number of halogens is 5. The molecule has 0 aliphatic carbocycles. The minimum absolute atomic E-state index is 0.0986. The quantitative estimate of drug-likeness (QED) is 0.623. The first-order valence-electron chi connectivity index (χ1n) is 4.89. The largest absolute Gasteiger partial charge is 0.573 e. The molecule has 0 spiro atoms. The van der Waals surface area contributed by atoms with E-state index in [9.17, 15) is 17.6 Å². The summed E-state index contributed by atoms with van der Waals surface area (Å²) in [7, 11) is 0. The summed E-state index contributed by atoms with van der Waals surface area (Å²) in [5, 5.41) is -0.160. The first kappa shape index (κ1) is 13.5. The van der Waals surface area contributed by atoms with Gasteiger partial charge in [-0.3, -0.25) is 0 Å². The molecule has 0 unspecified atom stereocenters. The van der Waals surface area contributed by atoms with Crippen LogP contribution in [0.3, 0.4) is 0 Å². The SMILES string of the molecule is Fc1cnc(Cl)nc1-c1ccc(OC(F)(F)F)cc1. The van der Waals surface area contributed by atoms with Crippen molar-refractivity contribution in [1.29, 1.82) is 0 Å². The van der Waals surface area contributed by atoms with Crippen LogP contribution >= 0.6 is 11.6 Å². The van der Waals surface area contributed by atoms with E-state index in [4.69, 9.17) is 11.6 Å². The summed E-state index contributed by atoms with van der Waals surface area (Å²) < 4.78 is 53.0. The minimum Gasteiger partial charge on any atom is -0.406 e. The zero-order valence-electron chi connectivity index (χ0n) is 9.08. The zero-order chi connectivity index (χ0) is 14.0. The van der Waals surface area contributed by atoms with Crippen LogP contribution in [0.2, 0.25) is 5.28 Å².